The molecule has 142 valence electrons. The van der Waals surface area contributed by atoms with Gasteiger partial charge in [-0.3, -0.25) is 0 Å². The second-order valence-electron chi connectivity index (χ2n) is 6.09. The van der Waals surface area contributed by atoms with Gasteiger partial charge >= 0.3 is 11.9 Å². The van der Waals surface area contributed by atoms with Crippen LogP contribution < -0.4 is 0 Å². The van der Waals surface area contributed by atoms with Crippen molar-refractivity contribution in [2.45, 2.75) is 25.8 Å². The van der Waals surface area contributed by atoms with Crippen LogP contribution in [0.25, 0.3) is 0 Å². The maximum absolute atomic E-state index is 11.7. The smallest absolute Gasteiger partial charge is 0.352 e. The zero-order chi connectivity index (χ0) is 19.6. The normalized spacial score (nSPS) is 14.8. The molecule has 0 saturated carbocycles. The van der Waals surface area contributed by atoms with E-state index in [1.165, 1.54) is 0 Å². The number of rotatable bonds is 6. The average Bonchev–Trinajstić information content (AvgIpc) is 2.98. The van der Waals surface area contributed by atoms with Crippen LogP contribution in [0.15, 0.2) is 29.4 Å². The molecule has 9 heteroatoms. The zero-order valence-electron chi connectivity index (χ0n) is 14.1. The number of carboxylic acid groups (broad SMARTS) is 2. The Hall–Kier alpha value is -2.51. The lowest BCUT2D eigenvalue weighted by molar-refractivity contribution is -0.142. The van der Waals surface area contributed by atoms with Crippen molar-refractivity contribution in [2.24, 2.45) is 5.16 Å². The van der Waals surface area contributed by atoms with Crippen molar-refractivity contribution in [3.8, 4) is 0 Å². The van der Waals surface area contributed by atoms with Gasteiger partial charge in [-0.25, -0.2) is 9.59 Å². The van der Waals surface area contributed by atoms with E-state index in [9.17, 15) is 14.7 Å². The number of aromatic nitrogens is 1. The molecule has 27 heavy (non-hydrogen) atoms. The molecule has 0 unspecified atom stereocenters. The number of hydrogen-bond acceptors (Lipinski definition) is 4. The van der Waals surface area contributed by atoms with Gasteiger partial charge in [0.05, 0.1) is 15.8 Å². The highest BCUT2D eigenvalue weighted by molar-refractivity contribution is 6.42. The topological polar surface area (TPSA) is 101 Å². The summed E-state index contributed by atoms with van der Waals surface area (Å²) in [4.78, 5) is 27.2. The Morgan fingerprint density at radius 1 is 1.15 bits per heavy atom. The summed E-state index contributed by atoms with van der Waals surface area (Å²) in [5.41, 5.74) is 2.98. The van der Waals surface area contributed by atoms with Crippen molar-refractivity contribution in [2.75, 3.05) is 6.61 Å². The van der Waals surface area contributed by atoms with Gasteiger partial charge in [-0.2, -0.15) is 0 Å². The highest BCUT2D eigenvalue weighted by Crippen LogP contribution is 2.28. The molecule has 7 nitrogen and oxygen atoms in total. The molecule has 0 radical (unpaired) electrons. The van der Waals surface area contributed by atoms with E-state index in [1.54, 1.807) is 28.8 Å². The fourth-order valence-corrected chi connectivity index (χ4v) is 3.43. The first-order valence-electron chi connectivity index (χ1n) is 8.17. The molecule has 1 heterocycles. The quantitative estimate of drug-likeness (QED) is 0.707. The van der Waals surface area contributed by atoms with E-state index in [-0.39, 0.29) is 5.69 Å². The molecule has 1 aromatic heterocycles. The van der Waals surface area contributed by atoms with Crippen molar-refractivity contribution < 1.29 is 24.6 Å². The van der Waals surface area contributed by atoms with E-state index < -0.39 is 18.5 Å². The Kier molecular flexibility index (Phi) is 5.72. The first kappa shape index (κ1) is 19.3. The summed E-state index contributed by atoms with van der Waals surface area (Å²) in [6.45, 7) is -0.230. The maximum Gasteiger partial charge on any atom is 0.352 e. The van der Waals surface area contributed by atoms with E-state index in [0.29, 0.717) is 40.7 Å². The number of carboxylic acids is 2. The molecule has 0 spiro atoms. The molecule has 3 rings (SSSR count). The van der Waals surface area contributed by atoms with E-state index in [2.05, 4.69) is 5.16 Å². The summed E-state index contributed by atoms with van der Waals surface area (Å²) < 4.78 is 1.71. The highest BCUT2D eigenvalue weighted by Gasteiger charge is 2.26. The van der Waals surface area contributed by atoms with Gasteiger partial charge in [-0.05, 0) is 43.0 Å². The molecule has 0 aliphatic heterocycles. The third-order valence-corrected chi connectivity index (χ3v) is 4.99. The van der Waals surface area contributed by atoms with Gasteiger partial charge in [0, 0.05) is 17.8 Å². The number of oxime groups is 1. The summed E-state index contributed by atoms with van der Waals surface area (Å²) >= 11 is 12.0. The van der Waals surface area contributed by atoms with Crippen LogP contribution in [0.1, 0.15) is 40.2 Å². The summed E-state index contributed by atoms with van der Waals surface area (Å²) in [5.74, 6) is -2.19. The molecule has 1 aliphatic carbocycles. The number of aliphatic carboxylic acids is 1. The summed E-state index contributed by atoms with van der Waals surface area (Å²) in [5, 5.41) is 23.0. The number of benzene rings is 1. The van der Waals surface area contributed by atoms with Crippen LogP contribution >= 0.6 is 23.2 Å². The monoisotopic (exact) mass is 410 g/mol. The van der Waals surface area contributed by atoms with Crippen molar-refractivity contribution in [3.05, 3.63) is 56.8 Å². The molecule has 0 bridgehead atoms. The molecular weight excluding hydrogens is 395 g/mol. The van der Waals surface area contributed by atoms with Crippen LogP contribution in [0.4, 0.5) is 0 Å². The summed E-state index contributed by atoms with van der Waals surface area (Å²) in [7, 11) is 0. The molecule has 2 N–H and O–H groups in total. The Morgan fingerprint density at radius 3 is 2.59 bits per heavy atom. The minimum atomic E-state index is -1.13. The average molecular weight is 411 g/mol. The van der Waals surface area contributed by atoms with Crippen LogP contribution in [0, 0.1) is 0 Å². The SMILES string of the molecule is O=C(O)CO/N=C1/CCCc2c1cc(C(=O)O)n2Cc1ccc(Cl)c(Cl)c1. The first-order chi connectivity index (χ1) is 12.9. The minimum absolute atomic E-state index is 0.124. The maximum atomic E-state index is 11.7. The van der Waals surface area contributed by atoms with Gasteiger partial charge in [-0.1, -0.05) is 34.4 Å². The van der Waals surface area contributed by atoms with Crippen LogP contribution in [0.2, 0.25) is 10.0 Å². The molecule has 0 saturated heterocycles. The summed E-state index contributed by atoms with van der Waals surface area (Å²) in [6, 6.07) is 6.72. The van der Waals surface area contributed by atoms with E-state index in [0.717, 1.165) is 17.7 Å². The van der Waals surface area contributed by atoms with Gasteiger partial charge in [-0.15, -0.1) is 0 Å². The molecule has 2 aromatic rings. The number of hydrogen-bond donors (Lipinski definition) is 2. The standard InChI is InChI=1S/C18H16Cl2N2O5/c19-12-5-4-10(6-13(12)20)8-22-15-3-1-2-14(21-27-9-17(23)24)11(15)7-16(22)18(25)26/h4-7H,1-3,8-9H2,(H,23,24)(H,25,26)/b21-14-. The molecule has 1 aliphatic rings. The van der Waals surface area contributed by atoms with Gasteiger partial charge in [0.25, 0.3) is 0 Å². The van der Waals surface area contributed by atoms with Crippen molar-refractivity contribution >= 4 is 40.9 Å². The lowest BCUT2D eigenvalue weighted by Gasteiger charge is -2.18. The van der Waals surface area contributed by atoms with E-state index in [1.807, 2.05) is 0 Å². The summed E-state index contributed by atoms with van der Waals surface area (Å²) in [6.07, 6.45) is 2.02. The Balaban J connectivity index is 1.99. The van der Waals surface area contributed by atoms with Gasteiger partial charge in [0.1, 0.15) is 5.69 Å². The Morgan fingerprint density at radius 2 is 1.93 bits per heavy atom. The lowest BCUT2D eigenvalue weighted by Crippen LogP contribution is -2.17. The number of aromatic carboxylic acids is 1. The third-order valence-electron chi connectivity index (χ3n) is 4.25. The molecule has 0 atom stereocenters. The Bertz CT molecular complexity index is 936. The fourth-order valence-electron chi connectivity index (χ4n) is 3.10. The highest BCUT2D eigenvalue weighted by atomic mass is 35.5. The molecule has 0 fully saturated rings. The number of nitrogens with zero attached hydrogens (tertiary/aromatic N) is 2. The molecule has 0 amide bonds. The van der Waals surface area contributed by atoms with E-state index >= 15 is 0 Å². The van der Waals surface area contributed by atoms with Crippen LogP contribution in [0.5, 0.6) is 0 Å². The van der Waals surface area contributed by atoms with Crippen LogP contribution in [0.3, 0.4) is 0 Å². The van der Waals surface area contributed by atoms with Crippen molar-refractivity contribution in [1.82, 2.24) is 4.57 Å². The molecule has 1 aromatic carbocycles. The van der Waals surface area contributed by atoms with Crippen LogP contribution in [-0.4, -0.2) is 39.0 Å². The Labute approximate surface area is 164 Å². The number of halogens is 2. The van der Waals surface area contributed by atoms with Gasteiger partial charge < -0.3 is 19.6 Å². The number of carbonyl (C=O) groups is 2. The van der Waals surface area contributed by atoms with E-state index in [4.69, 9.17) is 33.1 Å². The van der Waals surface area contributed by atoms with Gasteiger partial charge in [0.2, 0.25) is 6.61 Å². The van der Waals surface area contributed by atoms with Crippen molar-refractivity contribution in [1.29, 1.82) is 0 Å². The third kappa shape index (κ3) is 4.26. The fraction of sp³-hybridized carbons (Fsp3) is 0.278. The molecular formula is C18H16Cl2N2O5. The van der Waals surface area contributed by atoms with Crippen molar-refractivity contribution in [3.63, 3.8) is 0 Å². The number of fused-ring (bicyclic) bond motifs is 1. The zero-order valence-corrected chi connectivity index (χ0v) is 15.6. The second kappa shape index (κ2) is 8.02. The largest absolute Gasteiger partial charge is 0.479 e. The lowest BCUT2D eigenvalue weighted by atomic mass is 9.96. The van der Waals surface area contributed by atoms with Crippen LogP contribution in [-0.2, 0) is 22.6 Å². The first-order valence-corrected chi connectivity index (χ1v) is 8.93. The van der Waals surface area contributed by atoms with Gasteiger partial charge in [0.15, 0.2) is 0 Å². The minimum Gasteiger partial charge on any atom is -0.479 e. The predicted octanol–water partition coefficient (Wildman–Crippen LogP) is 3.68. The predicted molar refractivity (Wildman–Crippen MR) is 100 cm³/mol. The second-order valence-corrected chi connectivity index (χ2v) is 6.90.